The topological polar surface area (TPSA) is 73.1 Å². The number of hydrogen-bond acceptors (Lipinski definition) is 5. The van der Waals surface area contributed by atoms with E-state index in [1.807, 2.05) is 0 Å². The van der Waals surface area contributed by atoms with Crippen LogP contribution in [0.4, 0.5) is 11.6 Å². The number of aromatic nitrogens is 2. The van der Waals surface area contributed by atoms with Crippen LogP contribution in [0.5, 0.6) is 0 Å². The van der Waals surface area contributed by atoms with Gasteiger partial charge in [-0.25, -0.2) is 0 Å². The van der Waals surface area contributed by atoms with E-state index in [1.54, 1.807) is 19.2 Å². The maximum absolute atomic E-state index is 5.42. The molecule has 78 valence electrons. The van der Waals surface area contributed by atoms with Crippen molar-refractivity contribution in [3.05, 3.63) is 12.1 Å². The molecule has 0 aliphatic carbocycles. The summed E-state index contributed by atoms with van der Waals surface area (Å²) < 4.78 is 5.06. The van der Waals surface area contributed by atoms with Gasteiger partial charge in [0.05, 0.1) is 12.6 Å². The predicted octanol–water partition coefficient (Wildman–Crippen LogP) is 0.896. The van der Waals surface area contributed by atoms with E-state index >= 15 is 0 Å². The van der Waals surface area contributed by atoms with Crippen LogP contribution >= 0.6 is 0 Å². The van der Waals surface area contributed by atoms with Gasteiger partial charge in [-0.15, -0.1) is 10.2 Å². The van der Waals surface area contributed by atoms with Crippen molar-refractivity contribution in [2.24, 2.45) is 0 Å². The Morgan fingerprint density at radius 1 is 1.50 bits per heavy atom. The Balaban J connectivity index is 2.53. The lowest BCUT2D eigenvalue weighted by Crippen LogP contribution is -2.24. The van der Waals surface area contributed by atoms with Crippen LogP contribution in [0.25, 0.3) is 0 Å². The first-order chi connectivity index (χ1) is 6.76. The molecular formula is C9H16N4O. The quantitative estimate of drug-likeness (QED) is 0.731. The van der Waals surface area contributed by atoms with Gasteiger partial charge in [-0.2, -0.15) is 0 Å². The average molecular weight is 196 g/mol. The van der Waals surface area contributed by atoms with Crippen molar-refractivity contribution >= 4 is 11.6 Å². The number of rotatable bonds is 5. The van der Waals surface area contributed by atoms with Gasteiger partial charge in [-0.1, -0.05) is 6.92 Å². The van der Waals surface area contributed by atoms with E-state index in [0.717, 1.165) is 12.2 Å². The Hall–Kier alpha value is -1.36. The minimum Gasteiger partial charge on any atom is -0.383 e. The first-order valence-electron chi connectivity index (χ1n) is 4.61. The summed E-state index contributed by atoms with van der Waals surface area (Å²) in [5, 5.41) is 10.9. The van der Waals surface area contributed by atoms with Crippen LogP contribution in [0.1, 0.15) is 13.3 Å². The molecule has 0 fully saturated rings. The van der Waals surface area contributed by atoms with E-state index in [9.17, 15) is 0 Å². The van der Waals surface area contributed by atoms with E-state index in [4.69, 9.17) is 10.5 Å². The molecule has 1 unspecified atom stereocenters. The maximum Gasteiger partial charge on any atom is 0.149 e. The van der Waals surface area contributed by atoms with Gasteiger partial charge in [0.2, 0.25) is 0 Å². The van der Waals surface area contributed by atoms with Crippen LogP contribution in [0.15, 0.2) is 12.1 Å². The fourth-order valence-electron chi connectivity index (χ4n) is 1.09. The SMILES string of the molecule is CCC(COC)Nc1ccc(N)nn1. The summed E-state index contributed by atoms with van der Waals surface area (Å²) >= 11 is 0. The number of nitrogens with two attached hydrogens (primary N) is 1. The first kappa shape index (κ1) is 10.7. The molecule has 5 heteroatoms. The first-order valence-corrected chi connectivity index (χ1v) is 4.61. The molecule has 0 aliphatic heterocycles. The van der Waals surface area contributed by atoms with Gasteiger partial charge in [0, 0.05) is 7.11 Å². The molecule has 5 nitrogen and oxygen atoms in total. The van der Waals surface area contributed by atoms with Crippen molar-refractivity contribution in [3.8, 4) is 0 Å². The average Bonchev–Trinajstić information content (AvgIpc) is 2.20. The minimum absolute atomic E-state index is 0.262. The molecule has 1 heterocycles. The lowest BCUT2D eigenvalue weighted by molar-refractivity contribution is 0.184. The number of ether oxygens (including phenoxy) is 1. The molecule has 0 aromatic carbocycles. The molecule has 3 N–H and O–H groups in total. The standard InChI is InChI=1S/C9H16N4O/c1-3-7(6-14-2)11-9-5-4-8(10)12-13-9/h4-5,7H,3,6H2,1-2H3,(H2,10,12)(H,11,13). The van der Waals surface area contributed by atoms with Gasteiger partial charge in [0.25, 0.3) is 0 Å². The molecule has 0 saturated heterocycles. The van der Waals surface area contributed by atoms with Crippen LogP contribution in [0, 0.1) is 0 Å². The highest BCUT2D eigenvalue weighted by Gasteiger charge is 2.05. The van der Waals surface area contributed by atoms with Crippen molar-refractivity contribution in [1.82, 2.24) is 10.2 Å². The molecule has 0 saturated carbocycles. The second-order valence-electron chi connectivity index (χ2n) is 3.05. The lowest BCUT2D eigenvalue weighted by atomic mass is 10.2. The summed E-state index contributed by atoms with van der Waals surface area (Å²) in [5.74, 6) is 1.15. The van der Waals surface area contributed by atoms with Gasteiger partial charge < -0.3 is 15.8 Å². The highest BCUT2D eigenvalue weighted by Crippen LogP contribution is 2.06. The van der Waals surface area contributed by atoms with Crippen LogP contribution in [0.3, 0.4) is 0 Å². The molecule has 0 aliphatic rings. The Morgan fingerprint density at radius 3 is 2.79 bits per heavy atom. The van der Waals surface area contributed by atoms with Gasteiger partial charge in [0.15, 0.2) is 0 Å². The Kier molecular flexibility index (Phi) is 4.12. The zero-order valence-corrected chi connectivity index (χ0v) is 8.53. The van der Waals surface area contributed by atoms with E-state index in [-0.39, 0.29) is 6.04 Å². The molecule has 1 atom stereocenters. The fraction of sp³-hybridized carbons (Fsp3) is 0.556. The molecule has 1 aromatic rings. The summed E-state index contributed by atoms with van der Waals surface area (Å²) in [4.78, 5) is 0. The fourth-order valence-corrected chi connectivity index (χ4v) is 1.09. The summed E-state index contributed by atoms with van der Waals surface area (Å²) in [6, 6.07) is 3.79. The zero-order valence-electron chi connectivity index (χ0n) is 8.53. The number of anilines is 2. The summed E-state index contributed by atoms with van der Waals surface area (Å²) in [7, 11) is 1.68. The number of methoxy groups -OCH3 is 1. The Labute approximate surface area is 83.7 Å². The summed E-state index contributed by atoms with van der Waals surface area (Å²) in [6.07, 6.45) is 0.972. The third kappa shape index (κ3) is 3.18. The largest absolute Gasteiger partial charge is 0.383 e. The van der Waals surface area contributed by atoms with Crippen molar-refractivity contribution in [3.63, 3.8) is 0 Å². The van der Waals surface area contributed by atoms with Crippen molar-refractivity contribution in [2.45, 2.75) is 19.4 Å². The van der Waals surface area contributed by atoms with Crippen molar-refractivity contribution in [1.29, 1.82) is 0 Å². The molecule has 1 aromatic heterocycles. The molecule has 0 bridgehead atoms. The Morgan fingerprint density at radius 2 is 2.29 bits per heavy atom. The molecule has 1 rings (SSSR count). The second kappa shape index (κ2) is 5.39. The van der Waals surface area contributed by atoms with E-state index in [2.05, 4.69) is 22.4 Å². The third-order valence-corrected chi connectivity index (χ3v) is 1.90. The maximum atomic E-state index is 5.42. The number of nitrogens with one attached hydrogen (secondary N) is 1. The number of nitrogen functional groups attached to an aromatic ring is 1. The van der Waals surface area contributed by atoms with Gasteiger partial charge >= 0.3 is 0 Å². The van der Waals surface area contributed by atoms with Gasteiger partial charge in [-0.3, -0.25) is 0 Å². The van der Waals surface area contributed by atoms with E-state index in [0.29, 0.717) is 12.4 Å². The monoisotopic (exact) mass is 196 g/mol. The van der Waals surface area contributed by atoms with Crippen LogP contribution in [0.2, 0.25) is 0 Å². The molecular weight excluding hydrogens is 180 g/mol. The van der Waals surface area contributed by atoms with Crippen LogP contribution in [-0.4, -0.2) is 30.0 Å². The van der Waals surface area contributed by atoms with Crippen molar-refractivity contribution < 1.29 is 4.74 Å². The number of nitrogens with zero attached hydrogens (tertiary/aromatic N) is 2. The third-order valence-electron chi connectivity index (χ3n) is 1.90. The smallest absolute Gasteiger partial charge is 0.149 e. The van der Waals surface area contributed by atoms with E-state index < -0.39 is 0 Å². The van der Waals surface area contributed by atoms with E-state index in [1.165, 1.54) is 0 Å². The lowest BCUT2D eigenvalue weighted by Gasteiger charge is -2.15. The van der Waals surface area contributed by atoms with Crippen molar-refractivity contribution in [2.75, 3.05) is 24.8 Å². The Bertz CT molecular complexity index is 262. The molecule has 0 spiro atoms. The number of hydrogen-bond donors (Lipinski definition) is 2. The minimum atomic E-state index is 0.262. The van der Waals surface area contributed by atoms with Gasteiger partial charge in [-0.05, 0) is 18.6 Å². The molecule has 0 radical (unpaired) electrons. The summed E-state index contributed by atoms with van der Waals surface area (Å²) in [5.41, 5.74) is 5.42. The van der Waals surface area contributed by atoms with Crippen LogP contribution in [-0.2, 0) is 4.74 Å². The zero-order chi connectivity index (χ0) is 10.4. The summed E-state index contributed by atoms with van der Waals surface area (Å²) in [6.45, 7) is 2.74. The van der Waals surface area contributed by atoms with Gasteiger partial charge in [0.1, 0.15) is 11.6 Å². The highest BCUT2D eigenvalue weighted by molar-refractivity contribution is 5.39. The normalized spacial score (nSPS) is 12.4. The van der Waals surface area contributed by atoms with Crippen LogP contribution < -0.4 is 11.1 Å². The molecule has 14 heavy (non-hydrogen) atoms. The second-order valence-corrected chi connectivity index (χ2v) is 3.05. The highest BCUT2D eigenvalue weighted by atomic mass is 16.5. The molecule has 0 amide bonds. The predicted molar refractivity (Wildman–Crippen MR) is 56.0 cm³/mol.